The fraction of sp³-hybridized carbons (Fsp3) is 0.500. The highest BCUT2D eigenvalue weighted by atomic mass is 16.3. The molecule has 2 aromatic carbocycles. The Labute approximate surface area is 163 Å². The summed E-state index contributed by atoms with van der Waals surface area (Å²) in [5.74, 6) is 1.00. The third-order valence-corrected chi connectivity index (χ3v) is 7.21. The van der Waals surface area contributed by atoms with E-state index in [4.69, 9.17) is 0 Å². The molecular formula is C24H32N2O. The summed E-state index contributed by atoms with van der Waals surface area (Å²) in [5.41, 5.74) is 6.84. The molecule has 1 heterocycles. The molecule has 1 aliphatic heterocycles. The van der Waals surface area contributed by atoms with Crippen molar-refractivity contribution in [3.05, 3.63) is 58.7 Å². The Hall–Kier alpha value is -2.00. The third kappa shape index (κ3) is 3.23. The molecular weight excluding hydrogens is 332 g/mol. The summed E-state index contributed by atoms with van der Waals surface area (Å²) >= 11 is 0. The minimum Gasteiger partial charge on any atom is -0.508 e. The van der Waals surface area contributed by atoms with Gasteiger partial charge in [0.2, 0.25) is 0 Å². The van der Waals surface area contributed by atoms with Crippen LogP contribution in [-0.2, 0) is 11.8 Å². The minimum atomic E-state index is 0.175. The highest BCUT2D eigenvalue weighted by molar-refractivity contribution is 5.52. The summed E-state index contributed by atoms with van der Waals surface area (Å²) in [6.07, 6.45) is 2.25. The highest BCUT2D eigenvalue weighted by Gasteiger charge is 2.48. The van der Waals surface area contributed by atoms with Gasteiger partial charge in [-0.25, -0.2) is 0 Å². The lowest BCUT2D eigenvalue weighted by molar-refractivity contribution is 0.0343. The molecule has 2 aromatic rings. The smallest absolute Gasteiger partial charge is 0.115 e. The Bertz CT molecular complexity index is 846. The number of aromatic hydroxyl groups is 1. The van der Waals surface area contributed by atoms with Crippen LogP contribution < -0.4 is 5.32 Å². The van der Waals surface area contributed by atoms with Crippen molar-refractivity contribution in [2.75, 3.05) is 25.0 Å². The van der Waals surface area contributed by atoms with Crippen molar-refractivity contribution < 1.29 is 5.11 Å². The molecule has 27 heavy (non-hydrogen) atoms. The summed E-state index contributed by atoms with van der Waals surface area (Å²) in [5, 5.41) is 13.6. The monoisotopic (exact) mass is 364 g/mol. The molecule has 1 saturated heterocycles. The molecule has 1 fully saturated rings. The number of fused-ring (bicyclic) bond motifs is 4. The lowest BCUT2D eigenvalue weighted by Gasteiger charge is -2.54. The molecule has 0 radical (unpaired) electrons. The number of anilines is 1. The van der Waals surface area contributed by atoms with Crippen LogP contribution in [-0.4, -0.2) is 35.7 Å². The average molecular weight is 365 g/mol. The summed E-state index contributed by atoms with van der Waals surface area (Å²) in [7, 11) is 0. The van der Waals surface area contributed by atoms with Gasteiger partial charge in [-0.15, -0.1) is 0 Å². The Morgan fingerprint density at radius 2 is 2.00 bits per heavy atom. The number of hydrogen-bond donors (Lipinski definition) is 2. The lowest BCUT2D eigenvalue weighted by Crippen LogP contribution is -2.58. The lowest BCUT2D eigenvalue weighted by atomic mass is 9.59. The maximum atomic E-state index is 9.99. The number of likely N-dealkylation sites (tertiary alicyclic amines) is 1. The first-order chi connectivity index (χ1) is 12.9. The zero-order valence-corrected chi connectivity index (χ0v) is 17.0. The number of benzene rings is 2. The maximum absolute atomic E-state index is 9.99. The van der Waals surface area contributed by atoms with E-state index in [2.05, 4.69) is 62.2 Å². The predicted octanol–water partition coefficient (Wildman–Crippen LogP) is 4.65. The van der Waals surface area contributed by atoms with Gasteiger partial charge in [0, 0.05) is 24.8 Å². The number of aryl methyl sites for hydroxylation is 2. The van der Waals surface area contributed by atoms with Gasteiger partial charge in [0.15, 0.2) is 0 Å². The molecule has 4 rings (SSSR count). The highest BCUT2D eigenvalue weighted by Crippen LogP contribution is 2.49. The molecule has 144 valence electrons. The minimum absolute atomic E-state index is 0.175. The largest absolute Gasteiger partial charge is 0.508 e. The first kappa shape index (κ1) is 18.4. The van der Waals surface area contributed by atoms with Gasteiger partial charge in [-0.05, 0) is 85.0 Å². The van der Waals surface area contributed by atoms with E-state index >= 15 is 0 Å². The molecule has 2 N–H and O–H groups in total. The van der Waals surface area contributed by atoms with Gasteiger partial charge in [-0.2, -0.15) is 0 Å². The second-order valence-electron chi connectivity index (χ2n) is 8.85. The van der Waals surface area contributed by atoms with Crippen LogP contribution in [0.5, 0.6) is 5.75 Å². The van der Waals surface area contributed by atoms with Crippen molar-refractivity contribution in [3.8, 4) is 5.75 Å². The molecule has 0 unspecified atom stereocenters. The summed E-state index contributed by atoms with van der Waals surface area (Å²) in [4.78, 5) is 2.68. The third-order valence-electron chi connectivity index (χ3n) is 7.21. The molecule has 0 aromatic heterocycles. The van der Waals surface area contributed by atoms with Gasteiger partial charge in [0.05, 0.1) is 0 Å². The Morgan fingerprint density at radius 1 is 1.19 bits per heavy atom. The van der Waals surface area contributed by atoms with Crippen LogP contribution in [0.3, 0.4) is 0 Å². The van der Waals surface area contributed by atoms with Gasteiger partial charge in [0.25, 0.3) is 0 Å². The van der Waals surface area contributed by atoms with Crippen LogP contribution in [0.15, 0.2) is 36.4 Å². The number of phenolic OH excluding ortho intramolecular Hbond substituents is 1. The zero-order valence-electron chi connectivity index (χ0n) is 17.0. The van der Waals surface area contributed by atoms with E-state index in [9.17, 15) is 5.11 Å². The Kier molecular flexibility index (Phi) is 4.67. The number of piperidine rings is 1. The van der Waals surface area contributed by atoms with E-state index in [-0.39, 0.29) is 5.41 Å². The molecule has 2 bridgehead atoms. The van der Waals surface area contributed by atoms with E-state index in [0.717, 1.165) is 32.5 Å². The number of phenols is 1. The van der Waals surface area contributed by atoms with Crippen molar-refractivity contribution in [3.63, 3.8) is 0 Å². The Morgan fingerprint density at radius 3 is 2.81 bits per heavy atom. The van der Waals surface area contributed by atoms with Crippen LogP contribution in [0.1, 0.15) is 42.5 Å². The fourth-order valence-corrected chi connectivity index (χ4v) is 5.23. The van der Waals surface area contributed by atoms with Crippen molar-refractivity contribution in [2.45, 2.75) is 52.0 Å². The van der Waals surface area contributed by atoms with Gasteiger partial charge in [-0.3, -0.25) is 4.90 Å². The van der Waals surface area contributed by atoms with Gasteiger partial charge >= 0.3 is 0 Å². The van der Waals surface area contributed by atoms with Gasteiger partial charge in [0.1, 0.15) is 5.75 Å². The first-order valence-corrected chi connectivity index (χ1v) is 10.3. The van der Waals surface area contributed by atoms with Gasteiger partial charge < -0.3 is 10.4 Å². The normalized spacial score (nSPS) is 27.3. The number of rotatable bonds is 4. The standard InChI is InChI=1S/C24H32N2O/c1-16-5-6-17(2)22(13-16)25-10-12-26-11-9-24(4)18(3)23(26)14-19-7-8-20(27)15-21(19)24/h5-8,13,15,18,23,25,27H,9-12,14H2,1-4H3/t18-,23+,24+/m0/s1. The number of nitrogens with one attached hydrogen (secondary N) is 1. The summed E-state index contributed by atoms with van der Waals surface area (Å²) < 4.78 is 0. The topological polar surface area (TPSA) is 35.5 Å². The molecule has 0 spiro atoms. The van der Waals surface area contributed by atoms with E-state index in [1.54, 1.807) is 0 Å². The first-order valence-electron chi connectivity index (χ1n) is 10.3. The zero-order chi connectivity index (χ0) is 19.2. The van der Waals surface area contributed by atoms with E-state index in [1.165, 1.54) is 27.9 Å². The van der Waals surface area contributed by atoms with E-state index < -0.39 is 0 Å². The number of hydrogen-bond acceptors (Lipinski definition) is 3. The van der Waals surface area contributed by atoms with Crippen molar-refractivity contribution >= 4 is 5.69 Å². The molecule has 1 aliphatic carbocycles. The SMILES string of the molecule is Cc1ccc(C)c(NCCN2CC[C@@]3(C)c4cc(O)ccc4C[C@@H]2[C@@H]3C)c1. The maximum Gasteiger partial charge on any atom is 0.115 e. The molecule has 2 aliphatic rings. The van der Waals surface area contributed by atoms with Crippen LogP contribution in [0, 0.1) is 19.8 Å². The molecule has 3 atom stereocenters. The van der Waals surface area contributed by atoms with Crippen molar-refractivity contribution in [1.82, 2.24) is 4.90 Å². The van der Waals surface area contributed by atoms with Crippen LogP contribution in [0.4, 0.5) is 5.69 Å². The molecule has 0 saturated carbocycles. The molecule has 0 amide bonds. The Balaban J connectivity index is 1.48. The second-order valence-corrected chi connectivity index (χ2v) is 8.85. The van der Waals surface area contributed by atoms with Crippen LogP contribution in [0.2, 0.25) is 0 Å². The van der Waals surface area contributed by atoms with Gasteiger partial charge in [-0.1, -0.05) is 32.0 Å². The fourth-order valence-electron chi connectivity index (χ4n) is 5.23. The second kappa shape index (κ2) is 6.87. The summed E-state index contributed by atoms with van der Waals surface area (Å²) in [6.45, 7) is 12.3. The number of nitrogens with zero attached hydrogens (tertiary/aromatic N) is 1. The van der Waals surface area contributed by atoms with Crippen LogP contribution >= 0.6 is 0 Å². The quantitative estimate of drug-likeness (QED) is 0.829. The molecule has 3 nitrogen and oxygen atoms in total. The van der Waals surface area contributed by atoms with Crippen LogP contribution in [0.25, 0.3) is 0 Å². The predicted molar refractivity (Wildman–Crippen MR) is 113 cm³/mol. The summed E-state index contributed by atoms with van der Waals surface area (Å²) in [6, 6.07) is 13.2. The van der Waals surface area contributed by atoms with E-state index in [0.29, 0.717) is 17.7 Å². The molecule has 3 heteroatoms. The van der Waals surface area contributed by atoms with E-state index in [1.807, 2.05) is 12.1 Å². The van der Waals surface area contributed by atoms with Crippen molar-refractivity contribution in [1.29, 1.82) is 0 Å². The van der Waals surface area contributed by atoms with Crippen molar-refractivity contribution in [2.24, 2.45) is 5.92 Å². The average Bonchev–Trinajstić information content (AvgIpc) is 2.63.